The summed E-state index contributed by atoms with van der Waals surface area (Å²) in [5.41, 5.74) is 2.60. The van der Waals surface area contributed by atoms with E-state index in [9.17, 15) is 14.4 Å². The van der Waals surface area contributed by atoms with Gasteiger partial charge in [0, 0.05) is 75.5 Å². The van der Waals surface area contributed by atoms with E-state index in [1.54, 1.807) is 49.6 Å². The van der Waals surface area contributed by atoms with Crippen LogP contribution in [-0.2, 0) is 4.74 Å². The molecule has 0 aliphatic carbocycles. The summed E-state index contributed by atoms with van der Waals surface area (Å²) >= 11 is 0. The van der Waals surface area contributed by atoms with Crippen LogP contribution in [0.3, 0.4) is 0 Å². The number of likely N-dealkylation sites (N-methyl/N-ethyl adjacent to an activating group) is 1. The third kappa shape index (κ3) is 8.33. The summed E-state index contributed by atoms with van der Waals surface area (Å²) in [6.45, 7) is 7.97. The molecule has 2 aromatic carbocycles. The summed E-state index contributed by atoms with van der Waals surface area (Å²) in [6.07, 6.45) is 0. The minimum Gasteiger partial charge on any atom is -0.383 e. The summed E-state index contributed by atoms with van der Waals surface area (Å²) in [6, 6.07) is 11.4. The van der Waals surface area contributed by atoms with Crippen molar-refractivity contribution in [1.29, 1.82) is 0 Å². The number of rotatable bonds is 11. The van der Waals surface area contributed by atoms with Gasteiger partial charge in [0.25, 0.3) is 5.91 Å². The smallest absolute Gasteiger partial charge is 0.323 e. The van der Waals surface area contributed by atoms with Gasteiger partial charge in [-0.05, 0) is 44.3 Å². The number of nitrogens with one attached hydrogen (secondary N) is 4. The van der Waals surface area contributed by atoms with Crippen molar-refractivity contribution >= 4 is 34.8 Å². The molecule has 1 aliphatic heterocycles. The van der Waals surface area contributed by atoms with Gasteiger partial charge in [-0.3, -0.25) is 14.5 Å². The molecule has 2 aromatic rings. The molecular formula is C26H36N6O4. The Bertz CT molecular complexity index is 1050. The fourth-order valence-corrected chi connectivity index (χ4v) is 3.86. The van der Waals surface area contributed by atoms with E-state index in [-0.39, 0.29) is 11.7 Å². The Kier molecular flexibility index (Phi) is 10.2. The summed E-state index contributed by atoms with van der Waals surface area (Å²) in [5, 5.41) is 11.7. The monoisotopic (exact) mass is 496 g/mol. The van der Waals surface area contributed by atoms with Gasteiger partial charge in [0.2, 0.25) is 0 Å². The van der Waals surface area contributed by atoms with Gasteiger partial charge in [-0.1, -0.05) is 12.1 Å². The van der Waals surface area contributed by atoms with Gasteiger partial charge in [0.05, 0.1) is 12.2 Å². The van der Waals surface area contributed by atoms with Gasteiger partial charge >= 0.3 is 6.03 Å². The van der Waals surface area contributed by atoms with E-state index < -0.39 is 6.03 Å². The second kappa shape index (κ2) is 13.6. The van der Waals surface area contributed by atoms with Crippen molar-refractivity contribution in [3.63, 3.8) is 0 Å². The molecule has 0 aromatic heterocycles. The van der Waals surface area contributed by atoms with Crippen LogP contribution in [0.5, 0.6) is 0 Å². The number of Topliss-reactive ketones (excluding diaryl/α,β-unsaturated/α-hetero) is 1. The molecular weight excluding hydrogens is 460 g/mol. The number of carbonyl (C=O) groups excluding carboxylic acids is 3. The van der Waals surface area contributed by atoms with Crippen LogP contribution in [0.25, 0.3) is 0 Å². The van der Waals surface area contributed by atoms with Gasteiger partial charge in [-0.25, -0.2) is 4.79 Å². The van der Waals surface area contributed by atoms with Crippen molar-refractivity contribution in [2.24, 2.45) is 0 Å². The molecule has 1 aliphatic rings. The molecule has 1 fully saturated rings. The van der Waals surface area contributed by atoms with Crippen LogP contribution >= 0.6 is 0 Å². The molecule has 0 spiro atoms. The highest BCUT2D eigenvalue weighted by atomic mass is 16.5. The van der Waals surface area contributed by atoms with Gasteiger partial charge in [-0.15, -0.1) is 0 Å². The summed E-state index contributed by atoms with van der Waals surface area (Å²) < 4.78 is 5.03. The number of ether oxygens (including phenoxy) is 1. The Morgan fingerprint density at radius 1 is 0.944 bits per heavy atom. The van der Waals surface area contributed by atoms with Gasteiger partial charge in [0.15, 0.2) is 5.78 Å². The predicted octanol–water partition coefficient (Wildman–Crippen LogP) is 2.57. The maximum absolute atomic E-state index is 12.9. The zero-order valence-electron chi connectivity index (χ0n) is 21.2. The molecule has 194 valence electrons. The van der Waals surface area contributed by atoms with E-state index in [2.05, 4.69) is 38.1 Å². The van der Waals surface area contributed by atoms with Gasteiger partial charge in [-0.2, -0.15) is 0 Å². The quantitative estimate of drug-likeness (QED) is 0.279. The molecule has 1 saturated heterocycles. The lowest BCUT2D eigenvalue weighted by Crippen LogP contribution is -2.45. The maximum atomic E-state index is 12.9. The average Bonchev–Trinajstić information content (AvgIpc) is 2.86. The minimum absolute atomic E-state index is 0.0844. The molecule has 0 atom stereocenters. The zero-order valence-corrected chi connectivity index (χ0v) is 21.2. The number of nitrogens with zero attached hydrogens (tertiary/aromatic N) is 2. The lowest BCUT2D eigenvalue weighted by molar-refractivity contribution is 0.0937. The summed E-state index contributed by atoms with van der Waals surface area (Å²) in [7, 11) is 3.70. The molecule has 1 heterocycles. The van der Waals surface area contributed by atoms with Crippen LogP contribution in [-0.4, -0.2) is 94.1 Å². The minimum atomic E-state index is -0.475. The largest absolute Gasteiger partial charge is 0.383 e. The number of hydrogen-bond donors (Lipinski definition) is 4. The molecule has 3 amide bonds. The first kappa shape index (κ1) is 27.1. The number of urea groups is 1. The molecule has 0 bridgehead atoms. The molecule has 4 N–H and O–H groups in total. The maximum Gasteiger partial charge on any atom is 0.323 e. The predicted molar refractivity (Wildman–Crippen MR) is 142 cm³/mol. The third-order valence-corrected chi connectivity index (χ3v) is 5.98. The van der Waals surface area contributed by atoms with E-state index in [0.29, 0.717) is 47.9 Å². The topological polar surface area (TPSA) is 115 Å². The Morgan fingerprint density at radius 3 is 2.36 bits per heavy atom. The van der Waals surface area contributed by atoms with E-state index in [4.69, 9.17) is 4.74 Å². The number of anilines is 3. The van der Waals surface area contributed by atoms with Crippen molar-refractivity contribution in [3.8, 4) is 0 Å². The first-order chi connectivity index (χ1) is 17.4. The van der Waals surface area contributed by atoms with Crippen LogP contribution in [0.4, 0.5) is 21.9 Å². The highest BCUT2D eigenvalue weighted by Gasteiger charge is 2.16. The Labute approximate surface area is 212 Å². The fraction of sp³-hybridized carbons (Fsp3) is 0.423. The number of hydrogen-bond acceptors (Lipinski definition) is 7. The number of benzene rings is 2. The zero-order chi connectivity index (χ0) is 25.9. The van der Waals surface area contributed by atoms with E-state index >= 15 is 0 Å². The highest BCUT2D eigenvalue weighted by molar-refractivity contribution is 6.04. The molecule has 10 heteroatoms. The SMILES string of the molecule is COCCNC(=O)c1cc(NC(=O)Nc2cccc(C(C)=O)c2)ccc1NCCN1CCN(C)CC1. The van der Waals surface area contributed by atoms with Crippen molar-refractivity contribution in [1.82, 2.24) is 15.1 Å². The average molecular weight is 497 g/mol. The van der Waals surface area contributed by atoms with Crippen molar-refractivity contribution in [2.45, 2.75) is 6.92 Å². The summed E-state index contributed by atoms with van der Waals surface area (Å²) in [5.74, 6) is -0.341. The first-order valence-corrected chi connectivity index (χ1v) is 12.1. The molecule has 0 unspecified atom stereocenters. The second-order valence-corrected chi connectivity index (χ2v) is 8.80. The number of methoxy groups -OCH3 is 1. The molecule has 3 rings (SSSR count). The molecule has 10 nitrogen and oxygen atoms in total. The number of amides is 3. The standard InChI is InChI=1S/C26H36N6O4/c1-19(33)20-5-4-6-21(17-20)29-26(35)30-22-7-8-24(23(18-22)25(34)28-10-16-36-3)27-9-11-32-14-12-31(2)13-15-32/h4-8,17-18,27H,9-16H2,1-3H3,(H,28,34)(H2,29,30,35). The highest BCUT2D eigenvalue weighted by Crippen LogP contribution is 2.21. The van der Waals surface area contributed by atoms with Crippen LogP contribution in [0.2, 0.25) is 0 Å². The first-order valence-electron chi connectivity index (χ1n) is 12.1. The Hall–Kier alpha value is -3.47. The molecule has 0 radical (unpaired) electrons. The third-order valence-electron chi connectivity index (χ3n) is 5.98. The van der Waals surface area contributed by atoms with Gasteiger partial charge < -0.3 is 30.9 Å². The summed E-state index contributed by atoms with van der Waals surface area (Å²) in [4.78, 5) is 41.8. The van der Waals surface area contributed by atoms with Crippen molar-refractivity contribution in [3.05, 3.63) is 53.6 Å². The molecule has 0 saturated carbocycles. The lowest BCUT2D eigenvalue weighted by Gasteiger charge is -2.32. The second-order valence-electron chi connectivity index (χ2n) is 8.80. The van der Waals surface area contributed by atoms with E-state index in [1.807, 2.05) is 0 Å². The van der Waals surface area contributed by atoms with Crippen molar-refractivity contribution in [2.75, 3.05) is 82.5 Å². The molecule has 36 heavy (non-hydrogen) atoms. The van der Waals surface area contributed by atoms with Crippen LogP contribution in [0.1, 0.15) is 27.6 Å². The van der Waals surface area contributed by atoms with Crippen LogP contribution in [0.15, 0.2) is 42.5 Å². The normalized spacial score (nSPS) is 14.2. The lowest BCUT2D eigenvalue weighted by atomic mass is 10.1. The van der Waals surface area contributed by atoms with Crippen LogP contribution in [0, 0.1) is 0 Å². The van der Waals surface area contributed by atoms with E-state index in [1.165, 1.54) is 6.92 Å². The Morgan fingerprint density at radius 2 is 1.67 bits per heavy atom. The van der Waals surface area contributed by atoms with Gasteiger partial charge in [0.1, 0.15) is 0 Å². The fourth-order valence-electron chi connectivity index (χ4n) is 3.86. The van der Waals surface area contributed by atoms with Crippen LogP contribution < -0.4 is 21.3 Å². The van der Waals surface area contributed by atoms with E-state index in [0.717, 1.165) is 32.7 Å². The van der Waals surface area contributed by atoms with Crippen molar-refractivity contribution < 1.29 is 19.1 Å². The number of carbonyl (C=O) groups is 3. The number of ketones is 1. The number of piperazine rings is 1. The Balaban J connectivity index is 1.66.